The van der Waals surface area contributed by atoms with Gasteiger partial charge in [0.25, 0.3) is 0 Å². The van der Waals surface area contributed by atoms with Crippen LogP contribution in [0.4, 0.5) is 0 Å². The van der Waals surface area contributed by atoms with Gasteiger partial charge in [-0.15, -0.1) is 0 Å². The van der Waals surface area contributed by atoms with Crippen LogP contribution in [0.5, 0.6) is 0 Å². The molecular weight excluding hydrogens is 224 g/mol. The van der Waals surface area contributed by atoms with Gasteiger partial charge in [0.2, 0.25) is 0 Å². The summed E-state index contributed by atoms with van der Waals surface area (Å²) in [6.07, 6.45) is 2.75. The lowest BCUT2D eigenvalue weighted by atomic mass is 9.98. The van der Waals surface area contributed by atoms with E-state index >= 15 is 0 Å². The number of benzene rings is 2. The number of aryl methyl sites for hydroxylation is 1. The van der Waals surface area contributed by atoms with E-state index in [9.17, 15) is 4.79 Å². The standard InChI is InChI=1S/C16H14O2/c1-12-11-13(8-10-16(17)18)7-9-15(12)14-5-3-2-4-6-14/h2-11H,1H3,(H,17,18). The van der Waals surface area contributed by atoms with Crippen molar-refractivity contribution < 1.29 is 9.90 Å². The van der Waals surface area contributed by atoms with Crippen LogP contribution < -0.4 is 0 Å². The fourth-order valence-electron chi connectivity index (χ4n) is 1.90. The molecule has 0 unspecified atom stereocenters. The van der Waals surface area contributed by atoms with Crippen LogP contribution in [-0.4, -0.2) is 11.1 Å². The average Bonchev–Trinajstić information content (AvgIpc) is 2.37. The van der Waals surface area contributed by atoms with Gasteiger partial charge >= 0.3 is 5.97 Å². The topological polar surface area (TPSA) is 37.3 Å². The molecule has 0 aliphatic rings. The molecule has 2 heteroatoms. The Balaban J connectivity index is 2.34. The number of carbonyl (C=O) groups is 1. The van der Waals surface area contributed by atoms with Crippen LogP contribution in [0.1, 0.15) is 11.1 Å². The molecule has 2 aromatic rings. The van der Waals surface area contributed by atoms with E-state index in [0.29, 0.717) is 0 Å². The van der Waals surface area contributed by atoms with Gasteiger partial charge in [-0.25, -0.2) is 4.79 Å². The van der Waals surface area contributed by atoms with Gasteiger partial charge in [-0.2, -0.15) is 0 Å². The van der Waals surface area contributed by atoms with Gasteiger partial charge in [0, 0.05) is 6.08 Å². The molecule has 90 valence electrons. The lowest BCUT2D eigenvalue weighted by molar-refractivity contribution is -0.131. The number of hydrogen-bond donors (Lipinski definition) is 1. The van der Waals surface area contributed by atoms with Gasteiger partial charge in [-0.3, -0.25) is 0 Å². The highest BCUT2D eigenvalue weighted by Gasteiger charge is 2.01. The number of carboxylic acid groups (broad SMARTS) is 1. The van der Waals surface area contributed by atoms with E-state index in [2.05, 4.69) is 12.1 Å². The van der Waals surface area contributed by atoms with E-state index in [1.165, 1.54) is 11.1 Å². The molecule has 0 amide bonds. The second-order valence-electron chi connectivity index (χ2n) is 4.11. The Morgan fingerprint density at radius 1 is 1.11 bits per heavy atom. The Morgan fingerprint density at radius 2 is 1.83 bits per heavy atom. The van der Waals surface area contributed by atoms with Crippen LogP contribution in [-0.2, 0) is 4.79 Å². The zero-order chi connectivity index (χ0) is 13.0. The third kappa shape index (κ3) is 2.86. The summed E-state index contributed by atoms with van der Waals surface area (Å²) >= 11 is 0. The zero-order valence-corrected chi connectivity index (χ0v) is 10.1. The number of carboxylic acids is 1. The molecule has 0 spiro atoms. The highest BCUT2D eigenvalue weighted by Crippen LogP contribution is 2.24. The van der Waals surface area contributed by atoms with E-state index in [4.69, 9.17) is 5.11 Å². The van der Waals surface area contributed by atoms with Crippen LogP contribution in [0.15, 0.2) is 54.6 Å². The maximum Gasteiger partial charge on any atom is 0.328 e. The van der Waals surface area contributed by atoms with Crippen molar-refractivity contribution in [1.29, 1.82) is 0 Å². The van der Waals surface area contributed by atoms with Crippen molar-refractivity contribution in [2.24, 2.45) is 0 Å². The highest BCUT2D eigenvalue weighted by molar-refractivity contribution is 5.85. The summed E-state index contributed by atoms with van der Waals surface area (Å²) in [5, 5.41) is 8.59. The molecular formula is C16H14O2. The van der Waals surface area contributed by atoms with Crippen molar-refractivity contribution in [2.75, 3.05) is 0 Å². The monoisotopic (exact) mass is 238 g/mol. The molecule has 2 rings (SSSR count). The van der Waals surface area contributed by atoms with Crippen molar-refractivity contribution >= 4 is 12.0 Å². The first-order valence-electron chi connectivity index (χ1n) is 5.74. The predicted octanol–water partition coefficient (Wildman–Crippen LogP) is 3.76. The minimum atomic E-state index is -0.931. The lowest BCUT2D eigenvalue weighted by Crippen LogP contribution is -1.87. The molecule has 0 atom stereocenters. The summed E-state index contributed by atoms with van der Waals surface area (Å²) in [7, 11) is 0. The maximum atomic E-state index is 10.5. The molecule has 0 saturated carbocycles. The maximum absolute atomic E-state index is 10.5. The Kier molecular flexibility index (Phi) is 3.58. The number of aliphatic carboxylic acids is 1. The van der Waals surface area contributed by atoms with Gasteiger partial charge in [0.1, 0.15) is 0 Å². The smallest absolute Gasteiger partial charge is 0.328 e. The Bertz CT molecular complexity index is 583. The van der Waals surface area contributed by atoms with Crippen LogP contribution in [0.2, 0.25) is 0 Å². The minimum Gasteiger partial charge on any atom is -0.478 e. The first-order chi connectivity index (χ1) is 8.66. The first-order valence-corrected chi connectivity index (χ1v) is 5.74. The summed E-state index contributed by atoms with van der Waals surface area (Å²) in [6.45, 7) is 2.03. The van der Waals surface area contributed by atoms with Gasteiger partial charge in [0.15, 0.2) is 0 Å². The van der Waals surface area contributed by atoms with E-state index in [0.717, 1.165) is 17.2 Å². The van der Waals surface area contributed by atoms with Crippen molar-refractivity contribution in [3.05, 3.63) is 65.7 Å². The lowest BCUT2D eigenvalue weighted by Gasteiger charge is -2.06. The first kappa shape index (κ1) is 12.1. The molecule has 0 aromatic heterocycles. The molecule has 0 saturated heterocycles. The largest absolute Gasteiger partial charge is 0.478 e. The highest BCUT2D eigenvalue weighted by atomic mass is 16.4. The van der Waals surface area contributed by atoms with E-state index in [1.807, 2.05) is 43.3 Å². The van der Waals surface area contributed by atoms with Crippen LogP contribution in [0.25, 0.3) is 17.2 Å². The van der Waals surface area contributed by atoms with Gasteiger partial charge in [-0.1, -0.05) is 48.5 Å². The fraction of sp³-hybridized carbons (Fsp3) is 0.0625. The van der Waals surface area contributed by atoms with E-state index < -0.39 is 5.97 Å². The van der Waals surface area contributed by atoms with Crippen molar-refractivity contribution in [3.8, 4) is 11.1 Å². The second-order valence-corrected chi connectivity index (χ2v) is 4.11. The number of hydrogen-bond acceptors (Lipinski definition) is 1. The second kappa shape index (κ2) is 5.32. The summed E-state index contributed by atoms with van der Waals surface area (Å²) in [4.78, 5) is 10.5. The van der Waals surface area contributed by atoms with Crippen LogP contribution in [0, 0.1) is 6.92 Å². The molecule has 0 aliphatic carbocycles. The van der Waals surface area contributed by atoms with Crippen LogP contribution >= 0.6 is 0 Å². The quantitative estimate of drug-likeness (QED) is 0.827. The fourth-order valence-corrected chi connectivity index (χ4v) is 1.90. The Labute approximate surface area is 106 Å². The Hall–Kier alpha value is -2.35. The summed E-state index contributed by atoms with van der Waals surface area (Å²) < 4.78 is 0. The third-order valence-electron chi connectivity index (χ3n) is 2.75. The van der Waals surface area contributed by atoms with Crippen molar-refractivity contribution in [2.45, 2.75) is 6.92 Å². The molecule has 18 heavy (non-hydrogen) atoms. The minimum absolute atomic E-state index is 0.898. The molecule has 0 fully saturated rings. The Morgan fingerprint density at radius 3 is 2.44 bits per heavy atom. The summed E-state index contributed by atoms with van der Waals surface area (Å²) in [5.41, 5.74) is 4.37. The molecule has 0 bridgehead atoms. The van der Waals surface area contributed by atoms with E-state index in [-0.39, 0.29) is 0 Å². The normalized spacial score (nSPS) is 10.7. The molecule has 0 heterocycles. The summed E-state index contributed by atoms with van der Waals surface area (Å²) in [6, 6.07) is 16.1. The van der Waals surface area contributed by atoms with Crippen LogP contribution in [0.3, 0.4) is 0 Å². The zero-order valence-electron chi connectivity index (χ0n) is 10.1. The third-order valence-corrected chi connectivity index (χ3v) is 2.75. The van der Waals surface area contributed by atoms with E-state index in [1.54, 1.807) is 6.08 Å². The van der Waals surface area contributed by atoms with Crippen molar-refractivity contribution in [1.82, 2.24) is 0 Å². The van der Waals surface area contributed by atoms with Gasteiger partial charge < -0.3 is 5.11 Å². The molecule has 0 radical (unpaired) electrons. The predicted molar refractivity (Wildman–Crippen MR) is 73.3 cm³/mol. The molecule has 1 N–H and O–H groups in total. The van der Waals surface area contributed by atoms with Gasteiger partial charge in [0.05, 0.1) is 0 Å². The average molecular weight is 238 g/mol. The van der Waals surface area contributed by atoms with Crippen molar-refractivity contribution in [3.63, 3.8) is 0 Å². The molecule has 0 aliphatic heterocycles. The molecule has 2 aromatic carbocycles. The molecule has 2 nitrogen and oxygen atoms in total. The van der Waals surface area contributed by atoms with Gasteiger partial charge in [-0.05, 0) is 35.3 Å². The summed E-state index contributed by atoms with van der Waals surface area (Å²) in [5.74, 6) is -0.931. The SMILES string of the molecule is Cc1cc(C=CC(=O)O)ccc1-c1ccccc1. The number of rotatable bonds is 3.